The number of carbonyl (C=O) groups excluding carboxylic acids is 2. The van der Waals surface area contributed by atoms with E-state index in [9.17, 15) is 9.59 Å². The van der Waals surface area contributed by atoms with Crippen molar-refractivity contribution >= 4 is 11.8 Å². The Morgan fingerprint density at radius 1 is 1.00 bits per heavy atom. The van der Waals surface area contributed by atoms with Gasteiger partial charge in [0.25, 0.3) is 5.91 Å². The lowest BCUT2D eigenvalue weighted by molar-refractivity contribution is -0.124. The second kappa shape index (κ2) is 9.06. The van der Waals surface area contributed by atoms with Gasteiger partial charge in [-0.1, -0.05) is 44.2 Å². The van der Waals surface area contributed by atoms with Crippen LogP contribution in [0.5, 0.6) is 0 Å². The number of aryl methyl sites for hydroxylation is 1. The van der Waals surface area contributed by atoms with Crippen molar-refractivity contribution in [2.24, 2.45) is 5.92 Å². The van der Waals surface area contributed by atoms with Gasteiger partial charge in [0, 0.05) is 6.04 Å². The van der Waals surface area contributed by atoms with E-state index in [2.05, 4.69) is 22.8 Å². The maximum Gasteiger partial charge on any atom is 0.287 e. The van der Waals surface area contributed by atoms with Crippen LogP contribution in [0.3, 0.4) is 0 Å². The normalized spacial score (nSPS) is 13.3. The zero-order chi connectivity index (χ0) is 18.2. The Bertz CT molecular complexity index is 666. The van der Waals surface area contributed by atoms with Crippen molar-refractivity contribution in [2.75, 3.05) is 0 Å². The van der Waals surface area contributed by atoms with Gasteiger partial charge in [-0.25, -0.2) is 0 Å². The van der Waals surface area contributed by atoms with Gasteiger partial charge in [-0.05, 0) is 43.4 Å². The summed E-state index contributed by atoms with van der Waals surface area (Å²) in [5.41, 5.74) is 1.25. The molecule has 0 aliphatic heterocycles. The monoisotopic (exact) mass is 342 g/mol. The van der Waals surface area contributed by atoms with Crippen molar-refractivity contribution in [1.82, 2.24) is 10.6 Å². The molecular formula is C20H26N2O3. The highest BCUT2D eigenvalue weighted by Crippen LogP contribution is 2.08. The van der Waals surface area contributed by atoms with Gasteiger partial charge in [-0.15, -0.1) is 0 Å². The highest BCUT2D eigenvalue weighted by Gasteiger charge is 2.26. The van der Waals surface area contributed by atoms with E-state index in [-0.39, 0.29) is 29.5 Å². The molecule has 0 bridgehead atoms. The van der Waals surface area contributed by atoms with Crippen molar-refractivity contribution in [3.05, 3.63) is 60.1 Å². The summed E-state index contributed by atoms with van der Waals surface area (Å²) in [6, 6.07) is 12.8. The molecule has 1 aromatic heterocycles. The lowest BCUT2D eigenvalue weighted by Crippen LogP contribution is -2.51. The van der Waals surface area contributed by atoms with Gasteiger partial charge >= 0.3 is 0 Å². The molecular weight excluding hydrogens is 316 g/mol. The number of hydrogen-bond donors (Lipinski definition) is 2. The van der Waals surface area contributed by atoms with E-state index in [0.29, 0.717) is 0 Å². The van der Waals surface area contributed by atoms with Gasteiger partial charge in [0.1, 0.15) is 6.04 Å². The Balaban J connectivity index is 1.87. The Labute approximate surface area is 148 Å². The van der Waals surface area contributed by atoms with Crippen molar-refractivity contribution in [1.29, 1.82) is 0 Å². The van der Waals surface area contributed by atoms with E-state index < -0.39 is 6.04 Å². The molecule has 0 aliphatic rings. The van der Waals surface area contributed by atoms with Gasteiger partial charge in [-0.2, -0.15) is 0 Å². The summed E-state index contributed by atoms with van der Waals surface area (Å²) >= 11 is 0. The molecule has 0 spiro atoms. The number of hydrogen-bond acceptors (Lipinski definition) is 3. The molecule has 0 aliphatic carbocycles. The van der Waals surface area contributed by atoms with E-state index in [1.165, 1.54) is 11.8 Å². The standard InChI is InChI=1S/C20H26N2O3/c1-14(2)18(22-19(23)17-10-7-13-25-17)20(24)21-15(3)11-12-16-8-5-4-6-9-16/h4-10,13-15,18H,11-12H2,1-3H3,(H,21,24)(H,22,23)/t15?,18-/m0/s1. The smallest absolute Gasteiger partial charge is 0.287 e. The van der Waals surface area contributed by atoms with Crippen LogP contribution in [0, 0.1) is 5.92 Å². The number of carbonyl (C=O) groups is 2. The highest BCUT2D eigenvalue weighted by molar-refractivity contribution is 5.95. The van der Waals surface area contributed by atoms with Crippen LogP contribution in [0.4, 0.5) is 0 Å². The van der Waals surface area contributed by atoms with Crippen LogP contribution in [0.15, 0.2) is 53.1 Å². The van der Waals surface area contributed by atoms with Crippen molar-refractivity contribution in [3.63, 3.8) is 0 Å². The van der Waals surface area contributed by atoms with Crippen LogP contribution in [0.2, 0.25) is 0 Å². The van der Waals surface area contributed by atoms with Gasteiger partial charge < -0.3 is 15.1 Å². The second-order valence-corrected chi connectivity index (χ2v) is 6.61. The SMILES string of the molecule is CC(CCc1ccccc1)NC(=O)[C@@H](NC(=O)c1ccco1)C(C)C. The van der Waals surface area contributed by atoms with E-state index in [1.54, 1.807) is 12.1 Å². The molecule has 2 rings (SSSR count). The molecule has 1 heterocycles. The van der Waals surface area contributed by atoms with Gasteiger partial charge in [0.15, 0.2) is 5.76 Å². The Hall–Kier alpha value is -2.56. The Morgan fingerprint density at radius 2 is 1.72 bits per heavy atom. The Morgan fingerprint density at radius 3 is 2.32 bits per heavy atom. The van der Waals surface area contributed by atoms with Crippen LogP contribution in [-0.2, 0) is 11.2 Å². The fourth-order valence-electron chi connectivity index (χ4n) is 2.59. The van der Waals surface area contributed by atoms with Crippen LogP contribution in [-0.4, -0.2) is 23.9 Å². The summed E-state index contributed by atoms with van der Waals surface area (Å²) in [5.74, 6) is -0.373. The predicted octanol–water partition coefficient (Wildman–Crippen LogP) is 3.17. The zero-order valence-corrected chi connectivity index (χ0v) is 15.0. The molecule has 2 atom stereocenters. The third kappa shape index (κ3) is 5.78. The quantitative estimate of drug-likeness (QED) is 0.774. The molecule has 5 nitrogen and oxygen atoms in total. The first-order chi connectivity index (χ1) is 12.0. The number of furan rings is 1. The van der Waals surface area contributed by atoms with Crippen molar-refractivity contribution in [2.45, 2.75) is 45.7 Å². The van der Waals surface area contributed by atoms with Crippen molar-refractivity contribution < 1.29 is 14.0 Å². The summed E-state index contributed by atoms with van der Waals surface area (Å²) in [4.78, 5) is 24.7. The van der Waals surface area contributed by atoms with E-state index >= 15 is 0 Å². The molecule has 2 aromatic rings. The third-order valence-corrected chi connectivity index (χ3v) is 4.08. The predicted molar refractivity (Wildman–Crippen MR) is 97.2 cm³/mol. The van der Waals surface area contributed by atoms with Gasteiger partial charge in [0.05, 0.1) is 6.26 Å². The summed E-state index contributed by atoms with van der Waals surface area (Å²) in [6.07, 6.45) is 3.17. The molecule has 0 fully saturated rings. The van der Waals surface area contributed by atoms with E-state index in [1.807, 2.05) is 39.0 Å². The van der Waals surface area contributed by atoms with Gasteiger partial charge in [0.2, 0.25) is 5.91 Å². The lowest BCUT2D eigenvalue weighted by atomic mass is 10.0. The summed E-state index contributed by atoms with van der Waals surface area (Å²) in [5, 5.41) is 5.75. The van der Waals surface area contributed by atoms with Gasteiger partial charge in [-0.3, -0.25) is 9.59 Å². The van der Waals surface area contributed by atoms with Crippen LogP contribution in [0.1, 0.15) is 43.3 Å². The van der Waals surface area contributed by atoms with E-state index in [4.69, 9.17) is 4.42 Å². The summed E-state index contributed by atoms with van der Waals surface area (Å²) in [7, 11) is 0. The zero-order valence-electron chi connectivity index (χ0n) is 15.0. The van der Waals surface area contributed by atoms with Crippen LogP contribution in [0.25, 0.3) is 0 Å². The minimum atomic E-state index is -0.600. The molecule has 5 heteroatoms. The molecule has 0 saturated carbocycles. The first-order valence-electron chi connectivity index (χ1n) is 8.66. The molecule has 1 aromatic carbocycles. The van der Waals surface area contributed by atoms with E-state index in [0.717, 1.165) is 12.8 Å². The number of nitrogens with one attached hydrogen (secondary N) is 2. The minimum Gasteiger partial charge on any atom is -0.459 e. The van der Waals surface area contributed by atoms with Crippen LogP contribution < -0.4 is 10.6 Å². The average Bonchev–Trinajstić information content (AvgIpc) is 3.13. The first-order valence-corrected chi connectivity index (χ1v) is 8.66. The molecule has 134 valence electrons. The maximum atomic E-state index is 12.6. The molecule has 2 N–H and O–H groups in total. The topological polar surface area (TPSA) is 71.3 Å². The number of amides is 2. The largest absolute Gasteiger partial charge is 0.459 e. The third-order valence-electron chi connectivity index (χ3n) is 4.08. The molecule has 2 amide bonds. The molecule has 0 radical (unpaired) electrons. The fourth-order valence-corrected chi connectivity index (χ4v) is 2.59. The minimum absolute atomic E-state index is 0.0227. The van der Waals surface area contributed by atoms with Crippen molar-refractivity contribution in [3.8, 4) is 0 Å². The highest BCUT2D eigenvalue weighted by atomic mass is 16.3. The average molecular weight is 342 g/mol. The molecule has 25 heavy (non-hydrogen) atoms. The lowest BCUT2D eigenvalue weighted by Gasteiger charge is -2.23. The molecule has 0 saturated heterocycles. The number of benzene rings is 1. The first kappa shape index (κ1) is 18.8. The fraction of sp³-hybridized carbons (Fsp3) is 0.400. The molecule has 1 unspecified atom stereocenters. The Kier molecular flexibility index (Phi) is 6.81. The number of rotatable bonds is 8. The van der Waals surface area contributed by atoms with Crippen LogP contribution >= 0.6 is 0 Å². The maximum absolute atomic E-state index is 12.6. The summed E-state index contributed by atoms with van der Waals surface area (Å²) < 4.78 is 5.08. The second-order valence-electron chi connectivity index (χ2n) is 6.61. The summed E-state index contributed by atoms with van der Waals surface area (Å²) in [6.45, 7) is 5.79.